The van der Waals surface area contributed by atoms with Gasteiger partial charge < -0.3 is 10.6 Å². The van der Waals surface area contributed by atoms with Gasteiger partial charge in [0.15, 0.2) is 0 Å². The molecular formula is C16H17N3O. The lowest BCUT2D eigenvalue weighted by atomic mass is 10.2. The molecule has 0 fully saturated rings. The Balaban J connectivity index is 1.90. The van der Waals surface area contributed by atoms with E-state index in [1.54, 1.807) is 18.3 Å². The standard InChI is InChI=1S/C16H17N3O/c1-2-10-17-14-8-9-15(18-12-14)16(20)19-11-13-6-4-3-5-7-13/h2-9,12,17H,1,10-11H2,(H,19,20). The summed E-state index contributed by atoms with van der Waals surface area (Å²) in [6.07, 6.45) is 3.40. The highest BCUT2D eigenvalue weighted by atomic mass is 16.1. The molecule has 1 aromatic heterocycles. The van der Waals surface area contributed by atoms with Crippen LogP contribution in [0, 0.1) is 0 Å². The zero-order chi connectivity index (χ0) is 14.2. The number of pyridine rings is 1. The maximum Gasteiger partial charge on any atom is 0.270 e. The number of rotatable bonds is 6. The molecule has 2 N–H and O–H groups in total. The highest BCUT2D eigenvalue weighted by Crippen LogP contribution is 2.06. The van der Waals surface area contributed by atoms with Crippen LogP contribution >= 0.6 is 0 Å². The van der Waals surface area contributed by atoms with Crippen molar-refractivity contribution in [2.45, 2.75) is 6.54 Å². The molecule has 1 amide bonds. The lowest BCUT2D eigenvalue weighted by molar-refractivity contribution is 0.0946. The van der Waals surface area contributed by atoms with Crippen LogP contribution in [-0.2, 0) is 6.54 Å². The van der Waals surface area contributed by atoms with Crippen LogP contribution in [0.3, 0.4) is 0 Å². The smallest absolute Gasteiger partial charge is 0.270 e. The molecule has 0 spiro atoms. The quantitative estimate of drug-likeness (QED) is 0.791. The monoisotopic (exact) mass is 267 g/mol. The van der Waals surface area contributed by atoms with Gasteiger partial charge in [0.25, 0.3) is 5.91 Å². The van der Waals surface area contributed by atoms with E-state index in [0.717, 1.165) is 11.3 Å². The predicted molar refractivity (Wildman–Crippen MR) is 80.5 cm³/mol. The minimum absolute atomic E-state index is 0.177. The van der Waals surface area contributed by atoms with E-state index in [4.69, 9.17) is 0 Å². The average molecular weight is 267 g/mol. The van der Waals surface area contributed by atoms with Crippen molar-refractivity contribution in [1.29, 1.82) is 0 Å². The molecule has 0 radical (unpaired) electrons. The van der Waals surface area contributed by atoms with Crippen molar-refractivity contribution in [3.05, 3.63) is 72.6 Å². The van der Waals surface area contributed by atoms with Crippen LogP contribution in [0.2, 0.25) is 0 Å². The minimum Gasteiger partial charge on any atom is -0.380 e. The zero-order valence-corrected chi connectivity index (χ0v) is 11.2. The fraction of sp³-hybridized carbons (Fsp3) is 0.125. The van der Waals surface area contributed by atoms with Crippen LogP contribution in [0.1, 0.15) is 16.1 Å². The van der Waals surface area contributed by atoms with E-state index in [-0.39, 0.29) is 5.91 Å². The lowest BCUT2D eigenvalue weighted by Gasteiger charge is -2.06. The molecule has 0 aliphatic heterocycles. The van der Waals surface area contributed by atoms with Crippen molar-refractivity contribution in [3.8, 4) is 0 Å². The van der Waals surface area contributed by atoms with E-state index >= 15 is 0 Å². The molecule has 2 rings (SSSR count). The average Bonchev–Trinajstić information content (AvgIpc) is 2.52. The third-order valence-corrected chi connectivity index (χ3v) is 2.74. The number of nitrogens with one attached hydrogen (secondary N) is 2. The van der Waals surface area contributed by atoms with E-state index in [9.17, 15) is 4.79 Å². The molecular weight excluding hydrogens is 250 g/mol. The molecule has 2 aromatic rings. The summed E-state index contributed by atoms with van der Waals surface area (Å²) in [4.78, 5) is 16.1. The Bertz CT molecular complexity index is 564. The molecule has 0 saturated carbocycles. The highest BCUT2D eigenvalue weighted by molar-refractivity contribution is 5.92. The number of hydrogen-bond acceptors (Lipinski definition) is 3. The van der Waals surface area contributed by atoms with Gasteiger partial charge in [-0.25, -0.2) is 4.98 Å². The Morgan fingerprint density at radius 2 is 2.00 bits per heavy atom. The van der Waals surface area contributed by atoms with Gasteiger partial charge in [0.2, 0.25) is 0 Å². The molecule has 102 valence electrons. The van der Waals surface area contributed by atoms with Crippen LogP contribution in [0.5, 0.6) is 0 Å². The van der Waals surface area contributed by atoms with Crippen molar-refractivity contribution in [3.63, 3.8) is 0 Å². The third kappa shape index (κ3) is 3.95. The Labute approximate surface area is 118 Å². The van der Waals surface area contributed by atoms with Crippen LogP contribution in [-0.4, -0.2) is 17.4 Å². The second-order valence-corrected chi connectivity index (χ2v) is 4.27. The normalized spacial score (nSPS) is 9.80. The van der Waals surface area contributed by atoms with Crippen LogP contribution in [0.15, 0.2) is 61.3 Å². The second-order valence-electron chi connectivity index (χ2n) is 4.27. The number of aromatic nitrogens is 1. The maximum absolute atomic E-state index is 11.9. The van der Waals surface area contributed by atoms with Crippen molar-refractivity contribution in [2.75, 3.05) is 11.9 Å². The highest BCUT2D eigenvalue weighted by Gasteiger charge is 2.06. The fourth-order valence-electron chi connectivity index (χ4n) is 1.69. The fourth-order valence-corrected chi connectivity index (χ4v) is 1.69. The summed E-state index contributed by atoms with van der Waals surface area (Å²) in [5.74, 6) is -0.177. The topological polar surface area (TPSA) is 54.0 Å². The van der Waals surface area contributed by atoms with Crippen LogP contribution in [0.4, 0.5) is 5.69 Å². The van der Waals surface area contributed by atoms with E-state index in [2.05, 4.69) is 22.2 Å². The Hall–Kier alpha value is -2.62. The summed E-state index contributed by atoms with van der Waals surface area (Å²) in [6.45, 7) is 4.79. The summed E-state index contributed by atoms with van der Waals surface area (Å²) in [7, 11) is 0. The lowest BCUT2D eigenvalue weighted by Crippen LogP contribution is -2.23. The summed E-state index contributed by atoms with van der Waals surface area (Å²) in [5, 5.41) is 5.95. The van der Waals surface area contributed by atoms with E-state index < -0.39 is 0 Å². The Kier molecular flexibility index (Phi) is 4.89. The summed E-state index contributed by atoms with van der Waals surface area (Å²) >= 11 is 0. The molecule has 20 heavy (non-hydrogen) atoms. The van der Waals surface area contributed by atoms with E-state index in [1.807, 2.05) is 36.4 Å². The van der Waals surface area contributed by atoms with Crippen molar-refractivity contribution in [2.24, 2.45) is 0 Å². The first-order valence-corrected chi connectivity index (χ1v) is 6.42. The Morgan fingerprint density at radius 3 is 2.65 bits per heavy atom. The summed E-state index contributed by atoms with van der Waals surface area (Å²) in [6, 6.07) is 13.3. The number of nitrogens with zero attached hydrogens (tertiary/aromatic N) is 1. The number of benzene rings is 1. The molecule has 0 aliphatic rings. The first-order chi connectivity index (χ1) is 9.79. The number of hydrogen-bond donors (Lipinski definition) is 2. The van der Waals surface area contributed by atoms with Crippen LogP contribution < -0.4 is 10.6 Å². The van der Waals surface area contributed by atoms with Gasteiger partial charge in [-0.1, -0.05) is 36.4 Å². The Morgan fingerprint density at radius 1 is 1.20 bits per heavy atom. The van der Waals surface area contributed by atoms with Gasteiger partial charge in [0.05, 0.1) is 11.9 Å². The van der Waals surface area contributed by atoms with E-state index in [0.29, 0.717) is 18.8 Å². The maximum atomic E-state index is 11.9. The van der Waals surface area contributed by atoms with Gasteiger partial charge in [0, 0.05) is 13.1 Å². The van der Waals surface area contributed by atoms with Gasteiger partial charge in [0.1, 0.15) is 5.69 Å². The van der Waals surface area contributed by atoms with Crippen molar-refractivity contribution >= 4 is 11.6 Å². The molecule has 1 aromatic carbocycles. The largest absolute Gasteiger partial charge is 0.380 e. The zero-order valence-electron chi connectivity index (χ0n) is 11.2. The molecule has 0 unspecified atom stereocenters. The number of carbonyl (C=O) groups excluding carboxylic acids is 1. The third-order valence-electron chi connectivity index (χ3n) is 2.74. The van der Waals surface area contributed by atoms with Crippen molar-refractivity contribution < 1.29 is 4.79 Å². The first-order valence-electron chi connectivity index (χ1n) is 6.42. The molecule has 4 heteroatoms. The predicted octanol–water partition coefficient (Wildman–Crippen LogP) is 2.61. The number of amides is 1. The van der Waals surface area contributed by atoms with Crippen LogP contribution in [0.25, 0.3) is 0 Å². The first kappa shape index (κ1) is 13.8. The second kappa shape index (κ2) is 7.09. The van der Waals surface area contributed by atoms with Gasteiger partial charge in [-0.05, 0) is 17.7 Å². The molecule has 0 saturated heterocycles. The molecule has 1 heterocycles. The van der Waals surface area contributed by atoms with Gasteiger partial charge in [-0.2, -0.15) is 0 Å². The van der Waals surface area contributed by atoms with Crippen molar-refractivity contribution in [1.82, 2.24) is 10.3 Å². The molecule has 4 nitrogen and oxygen atoms in total. The molecule has 0 bridgehead atoms. The van der Waals surface area contributed by atoms with Gasteiger partial charge in [-0.3, -0.25) is 4.79 Å². The molecule has 0 atom stereocenters. The summed E-state index contributed by atoms with van der Waals surface area (Å²) in [5.41, 5.74) is 2.33. The van der Waals surface area contributed by atoms with E-state index in [1.165, 1.54) is 0 Å². The van der Waals surface area contributed by atoms with Gasteiger partial charge in [-0.15, -0.1) is 6.58 Å². The minimum atomic E-state index is -0.177. The molecule has 0 aliphatic carbocycles. The van der Waals surface area contributed by atoms with Gasteiger partial charge >= 0.3 is 0 Å². The summed E-state index contributed by atoms with van der Waals surface area (Å²) < 4.78 is 0. The SMILES string of the molecule is C=CCNc1ccc(C(=O)NCc2ccccc2)nc1. The number of carbonyl (C=O) groups is 1. The number of anilines is 1.